The van der Waals surface area contributed by atoms with Crippen LogP contribution in [0, 0.1) is 0 Å². The predicted molar refractivity (Wildman–Crippen MR) is 85.8 cm³/mol. The predicted octanol–water partition coefficient (Wildman–Crippen LogP) is 4.15. The van der Waals surface area contributed by atoms with Crippen molar-refractivity contribution >= 4 is 0 Å². The molecule has 0 aliphatic carbocycles. The van der Waals surface area contributed by atoms with Gasteiger partial charge in [0, 0.05) is 0 Å². The maximum Gasteiger partial charge on any atom is -0.00183 e. The van der Waals surface area contributed by atoms with Gasteiger partial charge in [0.15, 0.2) is 0 Å². The summed E-state index contributed by atoms with van der Waals surface area (Å²) in [5, 5.41) is 0. The van der Waals surface area contributed by atoms with Crippen molar-refractivity contribution in [1.82, 2.24) is 9.80 Å². The van der Waals surface area contributed by atoms with Gasteiger partial charge < -0.3 is 9.80 Å². The monoisotopic (exact) mass is 268 g/mol. The molecule has 0 aromatic rings. The van der Waals surface area contributed by atoms with Gasteiger partial charge >= 0.3 is 0 Å². The number of hydrogen-bond acceptors (Lipinski definition) is 2. The van der Waals surface area contributed by atoms with Gasteiger partial charge in [0.05, 0.1) is 0 Å². The highest BCUT2D eigenvalue weighted by Crippen LogP contribution is 2.09. The second kappa shape index (κ2) is 11.7. The smallest absolute Gasteiger partial charge is 0.00183 e. The molecule has 2 nitrogen and oxygen atoms in total. The minimum Gasteiger partial charge on any atom is -0.303 e. The SMILES string of the molecule is CCCCCN(CCC)CCCCCN1CCCC1. The van der Waals surface area contributed by atoms with Gasteiger partial charge in [0.1, 0.15) is 0 Å². The molecule has 0 aromatic carbocycles. The van der Waals surface area contributed by atoms with Crippen LogP contribution in [0.1, 0.15) is 71.6 Å². The number of likely N-dealkylation sites (tertiary alicyclic amines) is 1. The van der Waals surface area contributed by atoms with Crippen LogP contribution in [-0.4, -0.2) is 49.1 Å². The van der Waals surface area contributed by atoms with Gasteiger partial charge in [-0.15, -0.1) is 0 Å². The lowest BCUT2D eigenvalue weighted by Crippen LogP contribution is -2.27. The van der Waals surface area contributed by atoms with Crippen molar-refractivity contribution in [2.75, 3.05) is 39.3 Å². The number of rotatable bonds is 12. The summed E-state index contributed by atoms with van der Waals surface area (Å²) in [5.41, 5.74) is 0. The Balaban J connectivity index is 1.96. The summed E-state index contributed by atoms with van der Waals surface area (Å²) < 4.78 is 0. The highest BCUT2D eigenvalue weighted by atomic mass is 15.1. The van der Waals surface area contributed by atoms with E-state index in [4.69, 9.17) is 0 Å². The first-order valence-electron chi connectivity index (χ1n) is 8.81. The van der Waals surface area contributed by atoms with E-state index in [0.29, 0.717) is 0 Å². The largest absolute Gasteiger partial charge is 0.303 e. The molecule has 0 N–H and O–H groups in total. The third-order valence-corrected chi connectivity index (χ3v) is 4.27. The molecule has 114 valence electrons. The van der Waals surface area contributed by atoms with Crippen LogP contribution in [-0.2, 0) is 0 Å². The fraction of sp³-hybridized carbons (Fsp3) is 1.00. The fourth-order valence-corrected chi connectivity index (χ4v) is 3.09. The van der Waals surface area contributed by atoms with Gasteiger partial charge in [0.25, 0.3) is 0 Å². The molecule has 1 aliphatic rings. The third kappa shape index (κ3) is 8.65. The van der Waals surface area contributed by atoms with Gasteiger partial charge in [-0.3, -0.25) is 0 Å². The number of unbranched alkanes of at least 4 members (excludes halogenated alkanes) is 4. The van der Waals surface area contributed by atoms with Gasteiger partial charge in [-0.2, -0.15) is 0 Å². The zero-order valence-electron chi connectivity index (χ0n) is 13.5. The Hall–Kier alpha value is -0.0800. The van der Waals surface area contributed by atoms with E-state index in [1.165, 1.54) is 97.1 Å². The highest BCUT2D eigenvalue weighted by molar-refractivity contribution is 4.66. The molecule has 0 amide bonds. The molecule has 1 heterocycles. The Labute approximate surface area is 121 Å². The minimum absolute atomic E-state index is 1.30. The Bertz CT molecular complexity index is 188. The molecule has 0 saturated carbocycles. The van der Waals surface area contributed by atoms with E-state index < -0.39 is 0 Å². The number of nitrogens with zero attached hydrogens (tertiary/aromatic N) is 2. The van der Waals surface area contributed by atoms with Gasteiger partial charge in [0.2, 0.25) is 0 Å². The summed E-state index contributed by atoms with van der Waals surface area (Å²) in [4.78, 5) is 5.33. The van der Waals surface area contributed by atoms with Crippen molar-refractivity contribution in [3.05, 3.63) is 0 Å². The van der Waals surface area contributed by atoms with Crippen LogP contribution in [0.15, 0.2) is 0 Å². The van der Waals surface area contributed by atoms with Crippen LogP contribution in [0.5, 0.6) is 0 Å². The van der Waals surface area contributed by atoms with E-state index >= 15 is 0 Å². The summed E-state index contributed by atoms with van der Waals surface area (Å²) in [5.74, 6) is 0. The van der Waals surface area contributed by atoms with Crippen molar-refractivity contribution in [3.8, 4) is 0 Å². The molecular formula is C17H36N2. The molecule has 0 aromatic heterocycles. The van der Waals surface area contributed by atoms with Crippen LogP contribution in [0.2, 0.25) is 0 Å². The van der Waals surface area contributed by atoms with Crippen LogP contribution >= 0.6 is 0 Å². The van der Waals surface area contributed by atoms with Gasteiger partial charge in [-0.05, 0) is 77.8 Å². The lowest BCUT2D eigenvalue weighted by molar-refractivity contribution is 0.257. The molecule has 1 rings (SSSR count). The quantitative estimate of drug-likeness (QED) is 0.491. The first-order valence-corrected chi connectivity index (χ1v) is 8.81. The molecule has 19 heavy (non-hydrogen) atoms. The van der Waals surface area contributed by atoms with Gasteiger partial charge in [-0.25, -0.2) is 0 Å². The number of hydrogen-bond donors (Lipinski definition) is 0. The second-order valence-electron chi connectivity index (χ2n) is 6.16. The van der Waals surface area contributed by atoms with Crippen LogP contribution < -0.4 is 0 Å². The second-order valence-corrected chi connectivity index (χ2v) is 6.16. The minimum atomic E-state index is 1.30. The molecule has 2 heteroatoms. The van der Waals surface area contributed by atoms with E-state index in [0.717, 1.165) is 0 Å². The van der Waals surface area contributed by atoms with Crippen molar-refractivity contribution < 1.29 is 0 Å². The summed E-state index contributed by atoms with van der Waals surface area (Å²) in [6.45, 7) is 12.6. The Morgan fingerprint density at radius 3 is 2.05 bits per heavy atom. The van der Waals surface area contributed by atoms with Crippen molar-refractivity contribution in [3.63, 3.8) is 0 Å². The molecule has 0 bridgehead atoms. The molecule has 1 aliphatic heterocycles. The molecule has 0 spiro atoms. The zero-order chi connectivity index (χ0) is 13.8. The maximum absolute atomic E-state index is 2.69. The summed E-state index contributed by atoms with van der Waals surface area (Å²) in [6.07, 6.45) is 12.5. The first kappa shape index (κ1) is 17.0. The van der Waals surface area contributed by atoms with Crippen LogP contribution in [0.4, 0.5) is 0 Å². The normalized spacial score (nSPS) is 16.6. The molecule has 1 saturated heterocycles. The Morgan fingerprint density at radius 2 is 1.42 bits per heavy atom. The Morgan fingerprint density at radius 1 is 0.737 bits per heavy atom. The summed E-state index contributed by atoms with van der Waals surface area (Å²) in [7, 11) is 0. The average Bonchev–Trinajstić information content (AvgIpc) is 2.91. The average molecular weight is 268 g/mol. The van der Waals surface area contributed by atoms with E-state index in [9.17, 15) is 0 Å². The van der Waals surface area contributed by atoms with E-state index in [-0.39, 0.29) is 0 Å². The lowest BCUT2D eigenvalue weighted by atomic mass is 10.2. The topological polar surface area (TPSA) is 6.48 Å². The molecular weight excluding hydrogens is 232 g/mol. The van der Waals surface area contributed by atoms with E-state index in [1.807, 2.05) is 0 Å². The first-order chi connectivity index (χ1) is 9.36. The standard InChI is InChI=1S/C17H36N2/c1-3-5-7-13-18(12-4-2)14-8-6-9-15-19-16-10-11-17-19/h3-17H2,1-2H3. The van der Waals surface area contributed by atoms with Crippen LogP contribution in [0.3, 0.4) is 0 Å². The zero-order valence-corrected chi connectivity index (χ0v) is 13.5. The molecule has 0 unspecified atom stereocenters. The summed E-state index contributed by atoms with van der Waals surface area (Å²) >= 11 is 0. The van der Waals surface area contributed by atoms with E-state index in [1.54, 1.807) is 0 Å². The summed E-state index contributed by atoms with van der Waals surface area (Å²) in [6, 6.07) is 0. The van der Waals surface area contributed by atoms with Crippen molar-refractivity contribution in [2.24, 2.45) is 0 Å². The van der Waals surface area contributed by atoms with Gasteiger partial charge in [-0.1, -0.05) is 33.1 Å². The molecule has 0 radical (unpaired) electrons. The lowest BCUT2D eigenvalue weighted by Gasteiger charge is -2.21. The van der Waals surface area contributed by atoms with Crippen molar-refractivity contribution in [2.45, 2.75) is 71.6 Å². The molecule has 1 fully saturated rings. The van der Waals surface area contributed by atoms with Crippen molar-refractivity contribution in [1.29, 1.82) is 0 Å². The fourth-order valence-electron chi connectivity index (χ4n) is 3.09. The molecule has 0 atom stereocenters. The maximum atomic E-state index is 2.69. The van der Waals surface area contributed by atoms with E-state index in [2.05, 4.69) is 23.6 Å². The highest BCUT2D eigenvalue weighted by Gasteiger charge is 2.10. The van der Waals surface area contributed by atoms with Crippen LogP contribution in [0.25, 0.3) is 0 Å². The third-order valence-electron chi connectivity index (χ3n) is 4.27. The Kier molecular flexibility index (Phi) is 10.5.